The zero-order valence-corrected chi connectivity index (χ0v) is 15.7. The number of benzene rings is 1. The number of rotatable bonds is 7. The van der Waals surface area contributed by atoms with E-state index in [1.54, 1.807) is 0 Å². The molecule has 0 unspecified atom stereocenters. The Labute approximate surface area is 161 Å². The standard InChI is InChI=1S/C20H24F3NO4/c1-3-9-27-15-7-6-13(20(21,22)23)11-14(15)18(25)24-16-12-17(26-4-2)19(16)8-5-10-28-19/h3,6-7,11,16-17H,1,4-5,8-10,12H2,2H3,(H,24,25)/t16-,17+,19+/m1/s1. The fourth-order valence-electron chi connectivity index (χ4n) is 3.87. The number of carbonyl (C=O) groups excluding carboxylic acids is 1. The van der Waals surface area contributed by atoms with Crippen LogP contribution in [-0.4, -0.2) is 43.5 Å². The maximum Gasteiger partial charge on any atom is 0.416 e. The summed E-state index contributed by atoms with van der Waals surface area (Å²) in [6.07, 6.45) is -1.07. The van der Waals surface area contributed by atoms with E-state index < -0.39 is 23.2 Å². The van der Waals surface area contributed by atoms with Crippen LogP contribution in [0.4, 0.5) is 13.2 Å². The van der Waals surface area contributed by atoms with Gasteiger partial charge in [-0.3, -0.25) is 4.79 Å². The van der Waals surface area contributed by atoms with Crippen LogP contribution in [0.3, 0.4) is 0 Å². The first-order valence-electron chi connectivity index (χ1n) is 9.33. The van der Waals surface area contributed by atoms with Crippen molar-refractivity contribution in [3.8, 4) is 5.75 Å². The Morgan fingerprint density at radius 3 is 2.86 bits per heavy atom. The summed E-state index contributed by atoms with van der Waals surface area (Å²) >= 11 is 0. The Balaban J connectivity index is 1.82. The van der Waals surface area contributed by atoms with Gasteiger partial charge < -0.3 is 19.5 Å². The molecule has 2 fully saturated rings. The topological polar surface area (TPSA) is 56.8 Å². The van der Waals surface area contributed by atoms with E-state index in [1.165, 1.54) is 6.08 Å². The largest absolute Gasteiger partial charge is 0.489 e. The van der Waals surface area contributed by atoms with E-state index in [-0.39, 0.29) is 30.1 Å². The van der Waals surface area contributed by atoms with E-state index >= 15 is 0 Å². The summed E-state index contributed by atoms with van der Waals surface area (Å²) in [6.45, 7) is 6.59. The summed E-state index contributed by atoms with van der Waals surface area (Å²) in [7, 11) is 0. The van der Waals surface area contributed by atoms with Crippen LogP contribution in [0.15, 0.2) is 30.9 Å². The minimum absolute atomic E-state index is 0.0764. The molecule has 3 rings (SSSR count). The number of alkyl halides is 3. The van der Waals surface area contributed by atoms with Gasteiger partial charge in [0.25, 0.3) is 5.91 Å². The molecular weight excluding hydrogens is 375 g/mol. The van der Waals surface area contributed by atoms with Crippen molar-refractivity contribution in [2.45, 2.75) is 50.1 Å². The van der Waals surface area contributed by atoms with Gasteiger partial charge in [0, 0.05) is 13.2 Å². The highest BCUT2D eigenvalue weighted by Gasteiger charge is 2.59. The fourth-order valence-corrected chi connectivity index (χ4v) is 3.87. The number of nitrogens with one attached hydrogen (secondary N) is 1. The SMILES string of the molecule is C=CCOc1ccc(C(F)(F)F)cc1C(=O)N[C@@H]1C[C@H](OCC)[C@]12CCCO2. The van der Waals surface area contributed by atoms with E-state index in [1.807, 2.05) is 6.92 Å². The van der Waals surface area contributed by atoms with Crippen LogP contribution in [-0.2, 0) is 15.7 Å². The molecule has 1 saturated carbocycles. The third-order valence-electron chi connectivity index (χ3n) is 5.25. The van der Waals surface area contributed by atoms with E-state index in [0.29, 0.717) is 19.6 Å². The lowest BCUT2D eigenvalue weighted by Gasteiger charge is -2.52. The summed E-state index contributed by atoms with van der Waals surface area (Å²) in [6, 6.07) is 2.55. The van der Waals surface area contributed by atoms with Crippen LogP contribution in [0.1, 0.15) is 42.1 Å². The Hall–Kier alpha value is -2.06. The highest BCUT2D eigenvalue weighted by atomic mass is 19.4. The number of carbonyl (C=O) groups is 1. The van der Waals surface area contributed by atoms with Crippen molar-refractivity contribution in [3.05, 3.63) is 42.0 Å². The molecule has 1 spiro atoms. The van der Waals surface area contributed by atoms with Gasteiger partial charge >= 0.3 is 6.18 Å². The minimum Gasteiger partial charge on any atom is -0.489 e. The molecule has 0 aromatic heterocycles. The summed E-state index contributed by atoms with van der Waals surface area (Å²) in [4.78, 5) is 12.8. The molecule has 1 amide bonds. The lowest BCUT2D eigenvalue weighted by atomic mass is 9.70. The number of halogens is 3. The molecule has 1 saturated heterocycles. The second kappa shape index (κ2) is 8.13. The summed E-state index contributed by atoms with van der Waals surface area (Å²) < 4.78 is 56.3. The molecule has 1 aromatic rings. The van der Waals surface area contributed by atoms with Crippen molar-refractivity contribution in [2.75, 3.05) is 19.8 Å². The predicted molar refractivity (Wildman–Crippen MR) is 96.3 cm³/mol. The summed E-state index contributed by atoms with van der Waals surface area (Å²) in [5.41, 5.74) is -1.67. The van der Waals surface area contributed by atoms with E-state index in [9.17, 15) is 18.0 Å². The molecule has 0 radical (unpaired) electrons. The van der Waals surface area contributed by atoms with Crippen molar-refractivity contribution in [1.29, 1.82) is 0 Å². The quantitative estimate of drug-likeness (QED) is 0.710. The lowest BCUT2D eigenvalue weighted by Crippen LogP contribution is -2.69. The van der Waals surface area contributed by atoms with Crippen molar-refractivity contribution in [1.82, 2.24) is 5.32 Å². The van der Waals surface area contributed by atoms with Gasteiger partial charge in [0.2, 0.25) is 0 Å². The van der Waals surface area contributed by atoms with Gasteiger partial charge in [-0.25, -0.2) is 0 Å². The molecule has 28 heavy (non-hydrogen) atoms. The maximum absolute atomic E-state index is 13.1. The van der Waals surface area contributed by atoms with Crippen LogP contribution in [0.2, 0.25) is 0 Å². The van der Waals surface area contributed by atoms with Crippen LogP contribution in [0, 0.1) is 0 Å². The molecule has 1 N–H and O–H groups in total. The number of ether oxygens (including phenoxy) is 3. The second-order valence-electron chi connectivity index (χ2n) is 6.92. The zero-order chi connectivity index (χ0) is 20.4. The summed E-state index contributed by atoms with van der Waals surface area (Å²) in [5.74, 6) is -0.549. The molecular formula is C20H24F3NO4. The van der Waals surface area contributed by atoms with Crippen LogP contribution in [0.5, 0.6) is 5.75 Å². The number of hydrogen-bond acceptors (Lipinski definition) is 4. The van der Waals surface area contributed by atoms with Crippen molar-refractivity contribution >= 4 is 5.91 Å². The third-order valence-corrected chi connectivity index (χ3v) is 5.25. The third kappa shape index (κ3) is 3.89. The molecule has 1 aliphatic carbocycles. The highest BCUT2D eigenvalue weighted by molar-refractivity contribution is 5.97. The van der Waals surface area contributed by atoms with Gasteiger partial charge in [-0.2, -0.15) is 13.2 Å². The Morgan fingerprint density at radius 1 is 1.46 bits per heavy atom. The average Bonchev–Trinajstić information content (AvgIpc) is 3.17. The molecule has 2 aliphatic rings. The van der Waals surface area contributed by atoms with Gasteiger partial charge in [-0.05, 0) is 44.4 Å². The molecule has 1 heterocycles. The average molecular weight is 399 g/mol. The van der Waals surface area contributed by atoms with Gasteiger partial charge in [-0.15, -0.1) is 0 Å². The molecule has 0 bridgehead atoms. The van der Waals surface area contributed by atoms with Crippen LogP contribution >= 0.6 is 0 Å². The predicted octanol–water partition coefficient (Wildman–Crippen LogP) is 3.73. The zero-order valence-electron chi connectivity index (χ0n) is 15.7. The van der Waals surface area contributed by atoms with Crippen molar-refractivity contribution in [3.63, 3.8) is 0 Å². The van der Waals surface area contributed by atoms with Crippen LogP contribution in [0.25, 0.3) is 0 Å². The number of amides is 1. The van der Waals surface area contributed by atoms with Crippen molar-refractivity contribution < 1.29 is 32.2 Å². The van der Waals surface area contributed by atoms with Gasteiger partial charge in [-0.1, -0.05) is 12.7 Å². The highest BCUT2D eigenvalue weighted by Crippen LogP contribution is 2.46. The Kier molecular flexibility index (Phi) is 6.00. The monoisotopic (exact) mass is 399 g/mol. The molecule has 1 aliphatic heterocycles. The first kappa shape index (κ1) is 20.7. The molecule has 3 atom stereocenters. The molecule has 5 nitrogen and oxygen atoms in total. The van der Waals surface area contributed by atoms with E-state index in [4.69, 9.17) is 14.2 Å². The smallest absolute Gasteiger partial charge is 0.416 e. The second-order valence-corrected chi connectivity index (χ2v) is 6.92. The fraction of sp³-hybridized carbons (Fsp3) is 0.550. The lowest BCUT2D eigenvalue weighted by molar-refractivity contribution is -0.194. The first-order valence-corrected chi connectivity index (χ1v) is 9.33. The van der Waals surface area contributed by atoms with Gasteiger partial charge in [0.15, 0.2) is 0 Å². The van der Waals surface area contributed by atoms with E-state index in [2.05, 4.69) is 11.9 Å². The Bertz CT molecular complexity index is 729. The number of hydrogen-bond donors (Lipinski definition) is 1. The summed E-state index contributed by atoms with van der Waals surface area (Å²) in [5, 5.41) is 2.83. The van der Waals surface area contributed by atoms with E-state index in [0.717, 1.165) is 31.0 Å². The van der Waals surface area contributed by atoms with Crippen molar-refractivity contribution in [2.24, 2.45) is 0 Å². The first-order chi connectivity index (χ1) is 13.3. The maximum atomic E-state index is 13.1. The Morgan fingerprint density at radius 2 is 2.25 bits per heavy atom. The van der Waals surface area contributed by atoms with Crippen LogP contribution < -0.4 is 10.1 Å². The minimum atomic E-state index is -4.56. The molecule has 154 valence electrons. The van der Waals surface area contributed by atoms with Gasteiger partial charge in [0.05, 0.1) is 23.3 Å². The molecule has 8 heteroatoms. The molecule has 1 aromatic carbocycles. The normalized spacial score (nSPS) is 26.7. The van der Waals surface area contributed by atoms with Gasteiger partial charge in [0.1, 0.15) is 18.0 Å².